The molecule has 2 aromatic rings. The molecule has 1 N–H and O–H groups in total. The van der Waals surface area contributed by atoms with Crippen LogP contribution in [0.25, 0.3) is 16.3 Å². The molecule has 2 saturated heterocycles. The van der Waals surface area contributed by atoms with E-state index in [1.54, 1.807) is 0 Å². The summed E-state index contributed by atoms with van der Waals surface area (Å²) in [6.07, 6.45) is 2.13. The van der Waals surface area contributed by atoms with Crippen LogP contribution in [0.4, 0.5) is 5.69 Å². The zero-order chi connectivity index (χ0) is 13.7. The molecule has 0 bridgehead atoms. The summed E-state index contributed by atoms with van der Waals surface area (Å²) >= 11 is 0. The van der Waals surface area contributed by atoms with Gasteiger partial charge >= 0.3 is 0 Å². The molecular weight excluding hydrogens is 551 g/mol. The number of anilines is 1. The molecule has 0 amide bonds. The second kappa shape index (κ2) is 7.73. The van der Waals surface area contributed by atoms with Gasteiger partial charge in [-0.2, -0.15) is 0 Å². The van der Waals surface area contributed by atoms with Crippen molar-refractivity contribution in [3.63, 3.8) is 0 Å². The molecule has 0 unspecified atom stereocenters. The number of rotatable bonds is 1. The minimum absolute atomic E-state index is 0. The third-order valence-corrected chi connectivity index (χ3v) is 6.71. The average molecular weight is 568 g/mol. The minimum atomic E-state index is -3.17. The van der Waals surface area contributed by atoms with Crippen molar-refractivity contribution in [2.24, 2.45) is 0 Å². The predicted octanol–water partition coefficient (Wildman–Crippen LogP) is 4.28. The molecule has 22 heavy (non-hydrogen) atoms. The maximum absolute atomic E-state index is 12.9. The fourth-order valence-electron chi connectivity index (χ4n) is 3.49. The second-order valence-electron chi connectivity index (χ2n) is 5.58. The number of nitrogens with zero attached hydrogens (tertiary/aromatic N) is 2. The molecule has 7 heteroatoms. The van der Waals surface area contributed by atoms with Gasteiger partial charge in [-0.15, -0.1) is 0 Å². The van der Waals surface area contributed by atoms with Crippen LogP contribution < -0.4 is 4.67 Å². The third-order valence-electron chi connectivity index (χ3n) is 4.45. The van der Waals surface area contributed by atoms with Gasteiger partial charge in [0.15, 0.2) is 0 Å². The molecule has 0 aliphatic carbocycles. The van der Waals surface area contributed by atoms with Crippen molar-refractivity contribution in [1.29, 1.82) is 0 Å². The molecule has 4 nitrogen and oxygen atoms in total. The van der Waals surface area contributed by atoms with Crippen LogP contribution in [0.3, 0.4) is 0 Å². The molecule has 2 aromatic carbocycles. The van der Waals surface area contributed by atoms with Gasteiger partial charge in [0.1, 0.15) is 7.59 Å². The van der Waals surface area contributed by atoms with E-state index in [0.29, 0.717) is 0 Å². The Bertz CT molecular complexity index is 722. The first kappa shape index (κ1) is 19.7. The van der Waals surface area contributed by atoms with Gasteiger partial charge in [-0.25, -0.2) is 4.67 Å². The van der Waals surface area contributed by atoms with Gasteiger partial charge in [-0.3, -0.25) is 0 Å². The van der Waals surface area contributed by atoms with Crippen molar-refractivity contribution in [2.75, 3.05) is 17.8 Å². The Kier molecular flexibility index (Phi) is 6.92. The van der Waals surface area contributed by atoms with Crippen LogP contribution >= 0.6 is 7.59 Å². The average Bonchev–Trinajstić information content (AvgIpc) is 3.01. The summed E-state index contributed by atoms with van der Waals surface area (Å²) in [6.45, 7) is 1.52. The number of hydrogen-bond donors (Lipinski definition) is 0. The molecular formula is C15H17N3OPPr2-. The van der Waals surface area contributed by atoms with Crippen LogP contribution in [-0.4, -0.2) is 23.8 Å². The van der Waals surface area contributed by atoms with Crippen molar-refractivity contribution in [3.8, 4) is 0 Å². The molecule has 0 saturated carbocycles. The van der Waals surface area contributed by atoms with Crippen molar-refractivity contribution in [1.82, 2.24) is 4.67 Å². The van der Waals surface area contributed by atoms with E-state index >= 15 is 0 Å². The summed E-state index contributed by atoms with van der Waals surface area (Å²) in [5, 5.41) is 2.22. The minimum Gasteiger partial charge on any atom is -0.587 e. The maximum atomic E-state index is 12.9. The summed E-state index contributed by atoms with van der Waals surface area (Å²) in [5.74, 6) is 0. The van der Waals surface area contributed by atoms with Crippen LogP contribution in [0, 0.1) is 82.6 Å². The van der Waals surface area contributed by atoms with Crippen LogP contribution in [-0.2, 0) is 4.57 Å². The van der Waals surface area contributed by atoms with Crippen molar-refractivity contribution in [3.05, 3.63) is 48.0 Å². The van der Waals surface area contributed by atoms with Gasteiger partial charge in [-0.1, -0.05) is 36.4 Å². The van der Waals surface area contributed by atoms with Crippen LogP contribution in [0.2, 0.25) is 0 Å². The Morgan fingerprint density at radius 1 is 1.09 bits per heavy atom. The van der Waals surface area contributed by atoms with E-state index in [1.807, 2.05) is 39.7 Å². The Morgan fingerprint density at radius 2 is 1.82 bits per heavy atom. The largest absolute Gasteiger partial charge is 0.587 e. The Labute approximate surface area is 197 Å². The first-order valence-electron chi connectivity index (χ1n) is 7.06. The third kappa shape index (κ3) is 3.24. The fourth-order valence-corrected chi connectivity index (χ4v) is 5.69. The number of nitrogens with one attached hydrogen (secondary N) is 1. The van der Waals surface area contributed by atoms with Crippen LogP contribution in [0.1, 0.15) is 12.8 Å². The Morgan fingerprint density at radius 3 is 2.59 bits per heavy atom. The van der Waals surface area contributed by atoms with E-state index in [1.165, 1.54) is 0 Å². The Balaban J connectivity index is 0.000000882. The molecule has 110 valence electrons. The van der Waals surface area contributed by atoms with Crippen molar-refractivity contribution < 1.29 is 87.1 Å². The van der Waals surface area contributed by atoms with Gasteiger partial charge in [-0.05, 0) is 24.3 Å². The molecule has 4 rings (SSSR count). The van der Waals surface area contributed by atoms with E-state index in [0.717, 1.165) is 42.4 Å². The molecule has 0 aromatic heterocycles. The summed E-state index contributed by atoms with van der Waals surface area (Å²) in [7, 11) is -3.17. The zero-order valence-electron chi connectivity index (χ0n) is 12.4. The first-order chi connectivity index (χ1) is 9.68. The van der Waals surface area contributed by atoms with Gasteiger partial charge < -0.3 is 14.7 Å². The number of hydrogen-bond acceptors (Lipinski definition) is 1. The normalized spacial score (nSPS) is 27.3. The van der Waals surface area contributed by atoms with Gasteiger partial charge in [0.25, 0.3) is 0 Å². The molecule has 2 fully saturated rings. The first-order valence-corrected chi connectivity index (χ1v) is 8.67. The van der Waals surface area contributed by atoms with Crippen molar-refractivity contribution in [2.45, 2.75) is 18.9 Å². The zero-order valence-corrected chi connectivity index (χ0v) is 20.7. The van der Waals surface area contributed by atoms with Crippen LogP contribution in [0.15, 0.2) is 42.5 Å². The van der Waals surface area contributed by atoms with E-state index in [9.17, 15) is 4.57 Å². The van der Waals surface area contributed by atoms with Gasteiger partial charge in [0.2, 0.25) is 0 Å². The SMILES string of the molecule is [NH-][P@]1(=O)N(c2cccc3ccccc23)C[C@@H]2CCCN21.[Pr].[Pr]. The number of benzene rings is 2. The molecule has 2 radical (unpaired) electrons. The second-order valence-corrected chi connectivity index (χ2v) is 7.67. The summed E-state index contributed by atoms with van der Waals surface area (Å²) in [4.78, 5) is 0. The fraction of sp³-hybridized carbons (Fsp3) is 0.333. The number of fused-ring (bicyclic) bond motifs is 2. The van der Waals surface area contributed by atoms with Crippen LogP contribution in [0.5, 0.6) is 0 Å². The van der Waals surface area contributed by atoms with E-state index < -0.39 is 7.59 Å². The van der Waals surface area contributed by atoms with Gasteiger partial charge in [0.05, 0.1) is 0 Å². The smallest absolute Gasteiger partial charge is 0.149 e. The maximum Gasteiger partial charge on any atom is 0.149 e. The molecule has 2 aliphatic rings. The standard InChI is InChI=1S/C15H17N3OP.2Pr/c16-20(19)17-10-4-7-13(17)11-18(20)15-9-3-6-12-5-1-2-8-14(12)15;;/h1-3,5-6,8-9,13H,4,7,10-11H2,(H-,16,19);;/q-1;;/t13-,20+;;/m0../s1. The van der Waals surface area contributed by atoms with Crippen molar-refractivity contribution >= 4 is 24.1 Å². The van der Waals surface area contributed by atoms with Gasteiger partial charge in [0, 0.05) is 113 Å². The predicted molar refractivity (Wildman–Crippen MR) is 83.0 cm³/mol. The summed E-state index contributed by atoms with van der Waals surface area (Å²) < 4.78 is 16.7. The van der Waals surface area contributed by atoms with E-state index in [2.05, 4.69) is 12.1 Å². The molecule has 0 spiro atoms. The quantitative estimate of drug-likeness (QED) is 0.483. The monoisotopic (exact) mass is 568 g/mol. The molecule has 2 aliphatic heterocycles. The van der Waals surface area contributed by atoms with E-state index in [-0.39, 0.29) is 88.6 Å². The Hall–Kier alpha value is 1.38. The summed E-state index contributed by atoms with van der Waals surface area (Å²) in [6, 6.07) is 14.4. The van der Waals surface area contributed by atoms with E-state index in [4.69, 9.17) is 5.50 Å². The molecule has 2 atom stereocenters. The summed E-state index contributed by atoms with van der Waals surface area (Å²) in [5.41, 5.74) is 9.33. The topological polar surface area (TPSA) is 47.4 Å². The molecule has 2 heterocycles.